The summed E-state index contributed by atoms with van der Waals surface area (Å²) in [5, 5.41) is 11.3. The number of aryl methyl sites for hydroxylation is 1. The Labute approximate surface area is 116 Å². The molecule has 5 nitrogen and oxygen atoms in total. The van der Waals surface area contributed by atoms with Gasteiger partial charge in [0.15, 0.2) is 5.82 Å². The van der Waals surface area contributed by atoms with Gasteiger partial charge in [-0.1, -0.05) is 25.1 Å². The predicted molar refractivity (Wildman–Crippen MR) is 75.3 cm³/mol. The summed E-state index contributed by atoms with van der Waals surface area (Å²) in [5.41, 5.74) is 0. The number of rotatable bonds is 4. The topological polar surface area (TPSA) is 67.2 Å². The average Bonchev–Trinajstić information content (AvgIpc) is 2.97. The molecule has 1 unspecified atom stereocenters. The monoisotopic (exact) mass is 279 g/mol. The lowest BCUT2D eigenvalue weighted by atomic mass is 10.0. The standard InChI is InChI=1S/C13H17N3O2S/c1-8(2)12(10-5-4-6-19-10)15-13(17)14-11-7-9(3)18-16-11/h4-8,12H,1-3H3,(H2,14,15,16,17). The first kappa shape index (κ1) is 13.6. The molecule has 102 valence electrons. The third-order valence-electron chi connectivity index (χ3n) is 2.67. The van der Waals surface area contributed by atoms with Gasteiger partial charge in [-0.25, -0.2) is 4.79 Å². The Morgan fingerprint density at radius 1 is 1.47 bits per heavy atom. The lowest BCUT2D eigenvalue weighted by molar-refractivity contribution is 0.245. The molecule has 6 heteroatoms. The number of aromatic nitrogens is 1. The molecule has 2 aromatic heterocycles. The van der Waals surface area contributed by atoms with E-state index < -0.39 is 0 Å². The summed E-state index contributed by atoms with van der Waals surface area (Å²) in [6.07, 6.45) is 0. The average molecular weight is 279 g/mol. The van der Waals surface area contributed by atoms with Crippen LogP contribution < -0.4 is 10.6 Å². The van der Waals surface area contributed by atoms with Crippen LogP contribution in [-0.4, -0.2) is 11.2 Å². The Balaban J connectivity index is 2.00. The van der Waals surface area contributed by atoms with Crippen LogP contribution in [0.15, 0.2) is 28.1 Å². The highest BCUT2D eigenvalue weighted by Crippen LogP contribution is 2.25. The van der Waals surface area contributed by atoms with Crippen LogP contribution in [0.5, 0.6) is 0 Å². The Morgan fingerprint density at radius 2 is 2.26 bits per heavy atom. The van der Waals surface area contributed by atoms with Crippen LogP contribution in [0.2, 0.25) is 0 Å². The summed E-state index contributed by atoms with van der Waals surface area (Å²) in [5.74, 6) is 1.39. The number of hydrogen-bond acceptors (Lipinski definition) is 4. The summed E-state index contributed by atoms with van der Waals surface area (Å²) in [4.78, 5) is 13.1. The maximum Gasteiger partial charge on any atom is 0.321 e. The quantitative estimate of drug-likeness (QED) is 0.899. The smallest absolute Gasteiger partial charge is 0.321 e. The number of urea groups is 1. The van der Waals surface area contributed by atoms with Crippen LogP contribution in [0, 0.1) is 12.8 Å². The molecule has 0 fully saturated rings. The van der Waals surface area contributed by atoms with Crippen molar-refractivity contribution in [1.29, 1.82) is 0 Å². The lowest BCUT2D eigenvalue weighted by Gasteiger charge is -2.21. The molecule has 2 heterocycles. The second-order valence-electron chi connectivity index (χ2n) is 4.66. The number of hydrogen-bond donors (Lipinski definition) is 2. The Kier molecular flexibility index (Phi) is 4.21. The Hall–Kier alpha value is -1.82. The summed E-state index contributed by atoms with van der Waals surface area (Å²) < 4.78 is 4.90. The first-order valence-corrected chi connectivity index (χ1v) is 6.98. The zero-order valence-corrected chi connectivity index (χ0v) is 12.0. The fourth-order valence-electron chi connectivity index (χ4n) is 1.75. The molecule has 2 aromatic rings. The fourth-order valence-corrected chi connectivity index (χ4v) is 2.70. The molecule has 0 saturated heterocycles. The SMILES string of the molecule is Cc1cc(NC(=O)NC(c2cccs2)C(C)C)no1. The fraction of sp³-hybridized carbons (Fsp3) is 0.385. The van der Waals surface area contributed by atoms with Gasteiger partial charge in [0, 0.05) is 10.9 Å². The van der Waals surface area contributed by atoms with Crippen LogP contribution in [0.3, 0.4) is 0 Å². The van der Waals surface area contributed by atoms with Crippen LogP contribution in [0.4, 0.5) is 10.6 Å². The van der Waals surface area contributed by atoms with Gasteiger partial charge < -0.3 is 9.84 Å². The van der Waals surface area contributed by atoms with Crippen molar-refractivity contribution in [2.24, 2.45) is 5.92 Å². The van der Waals surface area contributed by atoms with Crippen molar-refractivity contribution in [1.82, 2.24) is 10.5 Å². The van der Waals surface area contributed by atoms with Crippen molar-refractivity contribution in [2.45, 2.75) is 26.8 Å². The van der Waals surface area contributed by atoms with Crippen molar-refractivity contribution >= 4 is 23.2 Å². The number of nitrogens with zero attached hydrogens (tertiary/aromatic N) is 1. The Morgan fingerprint density at radius 3 is 2.79 bits per heavy atom. The van der Waals surface area contributed by atoms with Gasteiger partial charge >= 0.3 is 6.03 Å². The van der Waals surface area contributed by atoms with Gasteiger partial charge in [-0.15, -0.1) is 11.3 Å². The number of carbonyl (C=O) groups excluding carboxylic acids is 1. The van der Waals surface area contributed by atoms with E-state index in [-0.39, 0.29) is 12.1 Å². The highest BCUT2D eigenvalue weighted by atomic mass is 32.1. The molecule has 0 bridgehead atoms. The van der Waals surface area contributed by atoms with Crippen LogP contribution >= 0.6 is 11.3 Å². The molecule has 1 atom stereocenters. The molecule has 0 aliphatic heterocycles. The van der Waals surface area contributed by atoms with Crippen LogP contribution in [0.1, 0.15) is 30.5 Å². The molecule has 0 radical (unpaired) electrons. The van der Waals surface area contributed by atoms with E-state index in [1.165, 1.54) is 0 Å². The molecule has 0 aliphatic rings. The van der Waals surface area contributed by atoms with E-state index >= 15 is 0 Å². The largest absolute Gasteiger partial charge is 0.360 e. The van der Waals surface area contributed by atoms with Gasteiger partial charge in [0.2, 0.25) is 0 Å². The van der Waals surface area contributed by atoms with Gasteiger partial charge in [-0.3, -0.25) is 5.32 Å². The minimum Gasteiger partial charge on any atom is -0.360 e. The first-order chi connectivity index (χ1) is 9.06. The molecule has 0 aliphatic carbocycles. The second-order valence-corrected chi connectivity index (χ2v) is 5.64. The summed E-state index contributed by atoms with van der Waals surface area (Å²) >= 11 is 1.64. The summed E-state index contributed by atoms with van der Waals surface area (Å²) in [6, 6.07) is 5.40. The van der Waals surface area contributed by atoms with Crippen molar-refractivity contribution in [2.75, 3.05) is 5.32 Å². The minimum atomic E-state index is -0.277. The van der Waals surface area contributed by atoms with Crippen molar-refractivity contribution in [3.05, 3.63) is 34.2 Å². The third-order valence-corrected chi connectivity index (χ3v) is 3.63. The number of carbonyl (C=O) groups is 1. The molecular weight excluding hydrogens is 262 g/mol. The summed E-state index contributed by atoms with van der Waals surface area (Å²) in [7, 11) is 0. The van der Waals surface area contributed by atoms with Gasteiger partial charge in [0.05, 0.1) is 6.04 Å². The number of amides is 2. The van der Waals surface area contributed by atoms with Gasteiger partial charge in [0.25, 0.3) is 0 Å². The molecular formula is C13H17N3O2S. The predicted octanol–water partition coefficient (Wildman–Crippen LogP) is 3.56. The minimum absolute atomic E-state index is 0.00648. The first-order valence-electron chi connectivity index (χ1n) is 6.10. The van der Waals surface area contributed by atoms with Gasteiger partial charge in [0.1, 0.15) is 5.76 Å². The van der Waals surface area contributed by atoms with Crippen molar-refractivity contribution < 1.29 is 9.32 Å². The van der Waals surface area contributed by atoms with Crippen LogP contribution in [0.25, 0.3) is 0 Å². The van der Waals surface area contributed by atoms with Crippen LogP contribution in [-0.2, 0) is 0 Å². The molecule has 2 N–H and O–H groups in total. The van der Waals surface area contributed by atoms with Crippen molar-refractivity contribution in [3.8, 4) is 0 Å². The maximum atomic E-state index is 11.9. The zero-order chi connectivity index (χ0) is 13.8. The number of anilines is 1. The second kappa shape index (κ2) is 5.88. The molecule has 19 heavy (non-hydrogen) atoms. The van der Waals surface area contributed by atoms with E-state index in [0.29, 0.717) is 17.5 Å². The van der Waals surface area contributed by atoms with Crippen molar-refractivity contribution in [3.63, 3.8) is 0 Å². The molecule has 0 aromatic carbocycles. The van der Waals surface area contributed by atoms with E-state index in [0.717, 1.165) is 4.88 Å². The highest BCUT2D eigenvalue weighted by molar-refractivity contribution is 7.10. The van der Waals surface area contributed by atoms with Gasteiger partial charge in [-0.05, 0) is 24.3 Å². The molecule has 2 rings (SSSR count). The Bertz CT molecular complexity index is 534. The van der Waals surface area contributed by atoms with E-state index in [9.17, 15) is 4.79 Å². The lowest BCUT2D eigenvalue weighted by Crippen LogP contribution is -2.34. The number of thiophene rings is 1. The van der Waals surface area contributed by atoms with E-state index in [2.05, 4.69) is 29.6 Å². The van der Waals surface area contributed by atoms with E-state index in [4.69, 9.17) is 4.52 Å². The normalized spacial score (nSPS) is 12.4. The van der Waals surface area contributed by atoms with E-state index in [1.807, 2.05) is 17.5 Å². The maximum absolute atomic E-state index is 11.9. The highest BCUT2D eigenvalue weighted by Gasteiger charge is 2.19. The zero-order valence-electron chi connectivity index (χ0n) is 11.1. The summed E-state index contributed by atoms with van der Waals surface area (Å²) in [6.45, 7) is 5.93. The molecule has 0 saturated carbocycles. The van der Waals surface area contributed by atoms with E-state index in [1.54, 1.807) is 24.3 Å². The molecule has 0 spiro atoms. The third kappa shape index (κ3) is 3.57. The van der Waals surface area contributed by atoms with Gasteiger partial charge in [-0.2, -0.15) is 0 Å². The number of nitrogens with one attached hydrogen (secondary N) is 2. The molecule has 2 amide bonds.